The highest BCUT2D eigenvalue weighted by molar-refractivity contribution is 8.00. The zero-order valence-electron chi connectivity index (χ0n) is 12.1. The fraction of sp³-hybridized carbons (Fsp3) is 0.500. The van der Waals surface area contributed by atoms with Gasteiger partial charge in [0, 0.05) is 24.5 Å². The number of anilines is 1. The average molecular weight is 306 g/mol. The van der Waals surface area contributed by atoms with Gasteiger partial charge in [0.2, 0.25) is 5.91 Å². The molecule has 1 atom stereocenters. The van der Waals surface area contributed by atoms with E-state index in [2.05, 4.69) is 20.0 Å². The molecule has 0 spiro atoms. The molecular weight excluding hydrogens is 288 g/mol. The monoisotopic (exact) mass is 306 g/mol. The maximum Gasteiger partial charge on any atom is 0.239 e. The molecule has 1 aliphatic rings. The standard InChI is InChI=1S/C14H18N4O2S/c1-3-11(13(19)16-12-8-9(2)20-17-12)21-14-15-6-7-18(14)10-4-5-10/h6-8,10-11H,3-5H2,1-2H3,(H,16,17,19). The number of aryl methyl sites for hydroxylation is 1. The first-order valence-electron chi connectivity index (χ1n) is 7.11. The molecule has 2 heterocycles. The van der Waals surface area contributed by atoms with E-state index >= 15 is 0 Å². The summed E-state index contributed by atoms with van der Waals surface area (Å²) in [6.07, 6.45) is 6.92. The maximum atomic E-state index is 12.3. The summed E-state index contributed by atoms with van der Waals surface area (Å²) in [6, 6.07) is 2.27. The second-order valence-corrected chi connectivity index (χ2v) is 6.34. The fourth-order valence-electron chi connectivity index (χ4n) is 2.10. The Balaban J connectivity index is 1.66. The van der Waals surface area contributed by atoms with Gasteiger partial charge in [-0.2, -0.15) is 0 Å². The van der Waals surface area contributed by atoms with Crippen molar-refractivity contribution < 1.29 is 9.32 Å². The smallest absolute Gasteiger partial charge is 0.239 e. The number of hydrogen-bond donors (Lipinski definition) is 1. The van der Waals surface area contributed by atoms with Crippen LogP contribution in [-0.4, -0.2) is 25.9 Å². The van der Waals surface area contributed by atoms with Crippen LogP contribution in [0, 0.1) is 6.92 Å². The third-order valence-corrected chi connectivity index (χ3v) is 4.72. The van der Waals surface area contributed by atoms with Gasteiger partial charge < -0.3 is 14.4 Å². The van der Waals surface area contributed by atoms with Crippen LogP contribution in [0.4, 0.5) is 5.82 Å². The highest BCUT2D eigenvalue weighted by Gasteiger charge is 2.28. The quantitative estimate of drug-likeness (QED) is 0.830. The zero-order chi connectivity index (χ0) is 14.8. The summed E-state index contributed by atoms with van der Waals surface area (Å²) in [5.41, 5.74) is 0. The summed E-state index contributed by atoms with van der Waals surface area (Å²) in [4.78, 5) is 16.7. The predicted octanol–water partition coefficient (Wildman–Crippen LogP) is 3.02. The molecule has 0 radical (unpaired) electrons. The van der Waals surface area contributed by atoms with E-state index < -0.39 is 0 Å². The van der Waals surface area contributed by atoms with Crippen molar-refractivity contribution in [1.82, 2.24) is 14.7 Å². The first-order valence-corrected chi connectivity index (χ1v) is 7.99. The molecule has 2 aromatic rings. The van der Waals surface area contributed by atoms with Crippen molar-refractivity contribution in [3.8, 4) is 0 Å². The Morgan fingerprint density at radius 1 is 1.62 bits per heavy atom. The van der Waals surface area contributed by atoms with Crippen molar-refractivity contribution in [3.63, 3.8) is 0 Å². The second-order valence-electron chi connectivity index (χ2n) is 5.18. The molecule has 7 heteroatoms. The SMILES string of the molecule is CCC(Sc1nccn1C1CC1)C(=O)Nc1cc(C)on1. The number of carbonyl (C=O) groups is 1. The van der Waals surface area contributed by atoms with Gasteiger partial charge in [-0.15, -0.1) is 0 Å². The number of nitrogens with one attached hydrogen (secondary N) is 1. The van der Waals surface area contributed by atoms with Crippen molar-refractivity contribution >= 4 is 23.5 Å². The maximum absolute atomic E-state index is 12.3. The lowest BCUT2D eigenvalue weighted by Gasteiger charge is -2.14. The molecule has 1 fully saturated rings. The Morgan fingerprint density at radius 3 is 3.05 bits per heavy atom. The minimum absolute atomic E-state index is 0.0684. The number of aromatic nitrogens is 3. The fourth-order valence-corrected chi connectivity index (χ4v) is 3.14. The average Bonchev–Trinajstić information content (AvgIpc) is 3.07. The molecule has 0 saturated heterocycles. The molecule has 21 heavy (non-hydrogen) atoms. The predicted molar refractivity (Wildman–Crippen MR) is 80.3 cm³/mol. The van der Waals surface area contributed by atoms with Crippen LogP contribution in [0.3, 0.4) is 0 Å². The van der Waals surface area contributed by atoms with E-state index in [9.17, 15) is 4.79 Å². The molecule has 0 aromatic carbocycles. The minimum atomic E-state index is -0.193. The van der Waals surface area contributed by atoms with Crippen molar-refractivity contribution in [3.05, 3.63) is 24.2 Å². The molecule has 0 bridgehead atoms. The van der Waals surface area contributed by atoms with Crippen molar-refractivity contribution in [1.29, 1.82) is 0 Å². The van der Waals surface area contributed by atoms with E-state index in [4.69, 9.17) is 4.52 Å². The van der Waals surface area contributed by atoms with Crippen molar-refractivity contribution in [2.45, 2.75) is 49.6 Å². The van der Waals surface area contributed by atoms with E-state index in [-0.39, 0.29) is 11.2 Å². The Bertz CT molecular complexity index is 632. The molecule has 6 nitrogen and oxygen atoms in total. The summed E-state index contributed by atoms with van der Waals surface area (Å²) < 4.78 is 7.12. The second kappa shape index (κ2) is 5.93. The number of hydrogen-bond acceptors (Lipinski definition) is 5. The summed E-state index contributed by atoms with van der Waals surface area (Å²) in [5.74, 6) is 1.07. The van der Waals surface area contributed by atoms with Crippen LogP contribution in [0.15, 0.2) is 28.1 Å². The summed E-state index contributed by atoms with van der Waals surface area (Å²) in [6.45, 7) is 3.79. The Labute approximate surface area is 127 Å². The van der Waals surface area contributed by atoms with Gasteiger partial charge in [-0.05, 0) is 26.2 Å². The highest BCUT2D eigenvalue weighted by atomic mass is 32.2. The minimum Gasteiger partial charge on any atom is -0.360 e. The Hall–Kier alpha value is -1.76. The number of carbonyl (C=O) groups excluding carboxylic acids is 1. The van der Waals surface area contributed by atoms with Gasteiger partial charge in [0.05, 0.1) is 5.25 Å². The zero-order valence-corrected chi connectivity index (χ0v) is 12.9. The van der Waals surface area contributed by atoms with E-state index in [1.165, 1.54) is 24.6 Å². The molecule has 0 aliphatic heterocycles. The van der Waals surface area contributed by atoms with E-state index in [0.29, 0.717) is 17.6 Å². The molecule has 2 aromatic heterocycles. The van der Waals surface area contributed by atoms with Gasteiger partial charge in [-0.1, -0.05) is 23.8 Å². The number of imidazole rings is 1. The lowest BCUT2D eigenvalue weighted by atomic mass is 10.3. The Morgan fingerprint density at radius 2 is 2.43 bits per heavy atom. The van der Waals surface area contributed by atoms with Crippen LogP contribution in [-0.2, 0) is 4.79 Å². The number of thioether (sulfide) groups is 1. The molecule has 112 valence electrons. The van der Waals surface area contributed by atoms with Crippen molar-refractivity contribution in [2.24, 2.45) is 0 Å². The van der Waals surface area contributed by atoms with Crippen LogP contribution in [0.1, 0.15) is 38.0 Å². The number of amides is 1. The van der Waals surface area contributed by atoms with Crippen LogP contribution < -0.4 is 5.32 Å². The van der Waals surface area contributed by atoms with Gasteiger partial charge >= 0.3 is 0 Å². The van der Waals surface area contributed by atoms with Crippen LogP contribution in [0.25, 0.3) is 0 Å². The van der Waals surface area contributed by atoms with E-state index in [1.54, 1.807) is 19.2 Å². The van der Waals surface area contributed by atoms with Crippen LogP contribution in [0.2, 0.25) is 0 Å². The first kappa shape index (κ1) is 14.2. The van der Waals surface area contributed by atoms with Crippen molar-refractivity contribution in [2.75, 3.05) is 5.32 Å². The summed E-state index contributed by atoms with van der Waals surface area (Å²) >= 11 is 1.51. The highest BCUT2D eigenvalue weighted by Crippen LogP contribution is 2.38. The topological polar surface area (TPSA) is 73.0 Å². The van der Waals surface area contributed by atoms with Gasteiger partial charge in [-0.3, -0.25) is 4.79 Å². The molecule has 1 unspecified atom stereocenters. The van der Waals surface area contributed by atoms with Crippen LogP contribution >= 0.6 is 11.8 Å². The Kier molecular flexibility index (Phi) is 4.01. The van der Waals surface area contributed by atoms with E-state index in [0.717, 1.165) is 11.6 Å². The lowest BCUT2D eigenvalue weighted by Crippen LogP contribution is -2.25. The largest absolute Gasteiger partial charge is 0.360 e. The molecule has 1 N–H and O–H groups in total. The summed E-state index contributed by atoms with van der Waals surface area (Å²) in [5, 5.41) is 7.30. The molecule has 1 aliphatic carbocycles. The normalized spacial score (nSPS) is 15.9. The van der Waals surface area contributed by atoms with Gasteiger partial charge in [0.1, 0.15) is 5.76 Å². The lowest BCUT2D eigenvalue weighted by molar-refractivity contribution is -0.115. The van der Waals surface area contributed by atoms with Gasteiger partial charge in [-0.25, -0.2) is 4.98 Å². The molecule has 1 amide bonds. The molecule has 1 saturated carbocycles. The number of rotatable bonds is 6. The van der Waals surface area contributed by atoms with Gasteiger partial charge in [0.25, 0.3) is 0 Å². The van der Waals surface area contributed by atoms with Crippen LogP contribution in [0.5, 0.6) is 0 Å². The summed E-state index contributed by atoms with van der Waals surface area (Å²) in [7, 11) is 0. The van der Waals surface area contributed by atoms with E-state index in [1.807, 2.05) is 13.1 Å². The molecular formula is C14H18N4O2S. The first-order chi connectivity index (χ1) is 10.2. The molecule has 3 rings (SSSR count). The van der Waals surface area contributed by atoms with Gasteiger partial charge in [0.15, 0.2) is 11.0 Å². The third-order valence-electron chi connectivity index (χ3n) is 3.36. The number of nitrogens with zero attached hydrogens (tertiary/aromatic N) is 3. The third kappa shape index (κ3) is 3.29.